The molecule has 442 valence electrons. The standard InChI is InChI=1S/C49H84N12O17/c1-4-5-6-7-8-9-10-11-12-13-14-15-16-18-28(55-41(68)32(27-19-23-54-46(51)56-27)59-48(74)60-47(73)58-31(26(2)3)43(69)70)40(67)53-22-17-21-52-33(44(71)72)38(78-45-37(66)34(63)29(25-50)76-45)39-35(64)36(65)42(77-39)61-24-20-30(62)57-49(61)75/h20,24,26-29,31-39,42,45,52,63-66H,4-19,21-23,25,50H2,1-3H3,(H,53,67)(H,55,68)(H,69,70)(H,71,72)(H3,51,54,56)(H,57,62,75)(H3,58,59,60,73,74)/t27-,28-,29+,31-,32-,33-,34+,35-,36?,37+,38-,39-,42+,45?/m0/s1. The first kappa shape index (κ1) is 64.7. The molecule has 29 heteroatoms. The molecule has 2 saturated heterocycles. The summed E-state index contributed by atoms with van der Waals surface area (Å²) in [7, 11) is 0. The number of ether oxygens (including phenoxy) is 3. The normalized spacial score (nSPS) is 24.9. The molecule has 2 unspecified atom stereocenters. The van der Waals surface area contributed by atoms with Gasteiger partial charge in [-0.2, -0.15) is 0 Å². The minimum Gasteiger partial charge on any atom is -0.480 e. The van der Waals surface area contributed by atoms with Gasteiger partial charge < -0.3 is 88.2 Å². The highest BCUT2D eigenvalue weighted by atomic mass is 16.7. The highest BCUT2D eigenvalue weighted by Crippen LogP contribution is 2.34. The monoisotopic (exact) mass is 1110 g/mol. The van der Waals surface area contributed by atoms with E-state index in [9.17, 15) is 69.0 Å². The van der Waals surface area contributed by atoms with Crippen molar-refractivity contribution in [2.45, 2.75) is 209 Å². The number of aliphatic hydroxyl groups excluding tert-OH is 4. The number of H-pyrrole nitrogens is 1. The van der Waals surface area contributed by atoms with E-state index in [1.54, 1.807) is 13.8 Å². The van der Waals surface area contributed by atoms with E-state index in [0.29, 0.717) is 6.42 Å². The average molecular weight is 1110 g/mol. The van der Waals surface area contributed by atoms with Crippen molar-refractivity contribution in [2.75, 3.05) is 26.2 Å². The van der Waals surface area contributed by atoms with E-state index in [1.165, 1.54) is 44.9 Å². The van der Waals surface area contributed by atoms with Crippen LogP contribution in [0.3, 0.4) is 0 Å². The lowest BCUT2D eigenvalue weighted by Crippen LogP contribution is -2.61. The Morgan fingerprint density at radius 2 is 1.40 bits per heavy atom. The summed E-state index contributed by atoms with van der Waals surface area (Å²) in [5.41, 5.74) is 9.82. The number of unbranched alkanes of at least 4 members (excludes halogenated alkanes) is 12. The molecule has 0 spiro atoms. The number of aliphatic carboxylic acids is 2. The number of guanidine groups is 1. The molecule has 2 fully saturated rings. The van der Waals surface area contributed by atoms with Gasteiger partial charge >= 0.3 is 29.7 Å². The van der Waals surface area contributed by atoms with E-state index in [1.807, 2.05) is 10.3 Å². The minimum atomic E-state index is -1.94. The molecule has 1 aromatic heterocycles. The molecule has 3 aliphatic heterocycles. The summed E-state index contributed by atoms with van der Waals surface area (Å²) in [5, 5.41) is 81.3. The average Bonchev–Trinajstić information content (AvgIpc) is 3.89. The zero-order valence-electron chi connectivity index (χ0n) is 44.7. The van der Waals surface area contributed by atoms with Gasteiger partial charge in [0.05, 0.1) is 6.04 Å². The van der Waals surface area contributed by atoms with Crippen molar-refractivity contribution < 1.29 is 73.6 Å². The molecule has 29 nitrogen and oxygen atoms in total. The van der Waals surface area contributed by atoms with Gasteiger partial charge in [-0.25, -0.2) is 24.2 Å². The van der Waals surface area contributed by atoms with E-state index in [4.69, 9.17) is 25.7 Å². The fourth-order valence-corrected chi connectivity index (χ4v) is 9.44. The summed E-state index contributed by atoms with van der Waals surface area (Å²) in [4.78, 5) is 109. The molecular weight excluding hydrogens is 1030 g/mol. The van der Waals surface area contributed by atoms with Gasteiger partial charge in [0.1, 0.15) is 66.9 Å². The quantitative estimate of drug-likeness (QED) is 0.0321. The van der Waals surface area contributed by atoms with E-state index >= 15 is 0 Å². The third kappa shape index (κ3) is 19.8. The van der Waals surface area contributed by atoms with Crippen LogP contribution in [0.4, 0.5) is 9.59 Å². The predicted molar refractivity (Wildman–Crippen MR) is 279 cm³/mol. The summed E-state index contributed by atoms with van der Waals surface area (Å²) in [6.07, 6.45) is -0.0633. The number of aromatic nitrogens is 2. The molecule has 0 bridgehead atoms. The van der Waals surface area contributed by atoms with Gasteiger partial charge in [-0.3, -0.25) is 34.0 Å². The predicted octanol–water partition coefficient (Wildman–Crippen LogP) is -2.38. The van der Waals surface area contributed by atoms with Crippen LogP contribution >= 0.6 is 0 Å². The van der Waals surface area contributed by atoms with Crippen molar-refractivity contribution in [3.05, 3.63) is 33.1 Å². The Bertz CT molecular complexity index is 2240. The fraction of sp³-hybridized carbons (Fsp3) is 0.776. The molecule has 4 rings (SSSR count). The lowest BCUT2D eigenvalue weighted by atomic mass is 9.98. The fourth-order valence-electron chi connectivity index (χ4n) is 9.44. The number of aliphatic hydroxyl groups is 4. The van der Waals surface area contributed by atoms with Crippen LogP contribution in [0.25, 0.3) is 0 Å². The maximum Gasteiger partial charge on any atom is 0.330 e. The summed E-state index contributed by atoms with van der Waals surface area (Å²) in [6.45, 7) is 5.00. The van der Waals surface area contributed by atoms with Gasteiger partial charge in [-0.15, -0.1) is 0 Å². The van der Waals surface area contributed by atoms with Crippen molar-refractivity contribution in [3.8, 4) is 0 Å². The Balaban J connectivity index is 1.47. The molecule has 14 atom stereocenters. The first-order chi connectivity index (χ1) is 37.2. The number of nitrogens with one attached hydrogen (secondary N) is 8. The van der Waals surface area contributed by atoms with Crippen LogP contribution in [0, 0.1) is 5.92 Å². The van der Waals surface area contributed by atoms with Crippen LogP contribution in [0.1, 0.15) is 130 Å². The second kappa shape index (κ2) is 33.0. The number of aliphatic imine (C=N–C) groups is 1. The number of carbonyl (C=O) groups is 6. The van der Waals surface area contributed by atoms with Gasteiger partial charge in [0, 0.05) is 31.9 Å². The smallest absolute Gasteiger partial charge is 0.330 e. The number of carboxylic acid groups (broad SMARTS) is 2. The maximum absolute atomic E-state index is 14.2. The third-order valence-electron chi connectivity index (χ3n) is 13.9. The Morgan fingerprint density at radius 3 is 1.96 bits per heavy atom. The SMILES string of the molecule is CCCCCCCCCCCCCCC[C@H](NC(=O)[C@@H](NC(=O)NC(=O)N[C@H](C(=O)O)C(C)C)[C@@H]1CCNC(N)=N1)C(=O)NCCCN[C@H](C(=O)O)[C@H](OC1O[C@H](CN)[C@@H](O)[C@H]1O)[C@H]1O[C@@H](n2ccc(=O)[nH]c2=O)C(O)[C@@H]1O. The number of imide groups is 1. The van der Waals surface area contributed by atoms with E-state index in [0.717, 1.165) is 48.9 Å². The van der Waals surface area contributed by atoms with Gasteiger partial charge in [0.15, 0.2) is 18.5 Å². The Hall–Kier alpha value is -5.79. The summed E-state index contributed by atoms with van der Waals surface area (Å²) < 4.78 is 18.1. The number of hydrogen-bond acceptors (Lipinski definition) is 20. The number of carboxylic acids is 2. The number of carbonyl (C=O) groups excluding carboxylic acids is 4. The molecule has 0 aliphatic carbocycles. The van der Waals surface area contributed by atoms with Gasteiger partial charge in [-0.05, 0) is 31.7 Å². The van der Waals surface area contributed by atoms with Crippen molar-refractivity contribution in [3.63, 3.8) is 0 Å². The number of hydrogen-bond donors (Lipinski definition) is 16. The first-order valence-corrected chi connectivity index (χ1v) is 27.1. The zero-order chi connectivity index (χ0) is 57.5. The van der Waals surface area contributed by atoms with E-state index in [-0.39, 0.29) is 51.4 Å². The molecule has 1 aromatic rings. The van der Waals surface area contributed by atoms with Crippen LogP contribution in [-0.4, -0.2) is 187 Å². The van der Waals surface area contributed by atoms with Gasteiger partial charge in [0.2, 0.25) is 11.8 Å². The molecule has 4 heterocycles. The molecule has 6 amide bonds. The van der Waals surface area contributed by atoms with E-state index in [2.05, 4.69) is 43.8 Å². The number of aromatic amines is 1. The Labute approximate surface area is 451 Å². The molecule has 18 N–H and O–H groups in total. The van der Waals surface area contributed by atoms with Crippen molar-refractivity contribution in [2.24, 2.45) is 22.4 Å². The van der Waals surface area contributed by atoms with Crippen LogP contribution in [-0.2, 0) is 33.4 Å². The Kier molecular flexibility index (Phi) is 27.3. The molecule has 3 aliphatic rings. The number of nitrogens with zero attached hydrogens (tertiary/aromatic N) is 2. The van der Waals surface area contributed by atoms with Crippen LogP contribution in [0.5, 0.6) is 0 Å². The summed E-state index contributed by atoms with van der Waals surface area (Å²) >= 11 is 0. The molecule has 0 saturated carbocycles. The van der Waals surface area contributed by atoms with Crippen molar-refractivity contribution >= 4 is 41.8 Å². The highest BCUT2D eigenvalue weighted by molar-refractivity contribution is 5.98. The number of urea groups is 2. The first-order valence-electron chi connectivity index (χ1n) is 27.1. The third-order valence-corrected chi connectivity index (χ3v) is 13.9. The molecule has 78 heavy (non-hydrogen) atoms. The topological polar surface area (TPSA) is 455 Å². The number of rotatable bonds is 34. The van der Waals surface area contributed by atoms with Crippen LogP contribution < -0.4 is 59.9 Å². The van der Waals surface area contributed by atoms with Crippen LogP contribution in [0.15, 0.2) is 26.8 Å². The molecule has 0 aromatic carbocycles. The maximum atomic E-state index is 14.2. The summed E-state index contributed by atoms with van der Waals surface area (Å²) in [5.74, 6) is -4.96. The van der Waals surface area contributed by atoms with Crippen molar-refractivity contribution in [1.82, 2.24) is 46.8 Å². The second-order valence-electron chi connectivity index (χ2n) is 20.3. The second-order valence-corrected chi connectivity index (χ2v) is 20.3. The zero-order valence-corrected chi connectivity index (χ0v) is 44.7. The lowest BCUT2D eigenvalue weighted by molar-refractivity contribution is -0.228. The Morgan fingerprint density at radius 1 is 0.782 bits per heavy atom. The largest absolute Gasteiger partial charge is 0.480 e. The number of amides is 6. The van der Waals surface area contributed by atoms with Crippen LogP contribution in [0.2, 0.25) is 0 Å². The van der Waals surface area contributed by atoms with Crippen molar-refractivity contribution in [1.29, 1.82) is 0 Å². The van der Waals surface area contributed by atoms with E-state index < -0.39 is 138 Å². The molecule has 0 radical (unpaired) electrons. The minimum absolute atomic E-state index is 0.0250. The summed E-state index contributed by atoms with van der Waals surface area (Å²) in [6, 6.07) is -8.15. The van der Waals surface area contributed by atoms with Gasteiger partial charge in [-0.1, -0.05) is 104 Å². The van der Waals surface area contributed by atoms with Gasteiger partial charge in [0.25, 0.3) is 5.56 Å². The lowest BCUT2D eigenvalue weighted by Gasteiger charge is -2.33. The molecular formula is C49H84N12O17. The number of nitrogens with two attached hydrogens (primary N) is 2. The highest BCUT2D eigenvalue weighted by Gasteiger charge is 2.54.